The molecule has 8 N–H and O–H groups in total. The maximum Gasteiger partial charge on any atom is 0.111 e. The average Bonchev–Trinajstić information content (AvgIpc) is 2.12. The second kappa shape index (κ2) is 7.15. The Morgan fingerprint density at radius 3 is 1.08 bits per heavy atom. The van der Waals surface area contributed by atoms with Crippen molar-refractivity contribution < 1.29 is 36.1 Å². The molecule has 82 valence electrons. The standard InChI is InChI=1S/C6H14O6.H2O/c7-1-3(9)5(11)6(12)4(10)2-8;/h3-12H,1-2H2;1H2/t3-,4+,5-,6+;. The molecular formula is C6H16O7. The van der Waals surface area contributed by atoms with E-state index in [9.17, 15) is 0 Å². The van der Waals surface area contributed by atoms with Gasteiger partial charge in [0.05, 0.1) is 13.2 Å². The molecule has 0 aliphatic carbocycles. The van der Waals surface area contributed by atoms with Gasteiger partial charge in [0, 0.05) is 0 Å². The molecule has 0 bridgehead atoms. The molecule has 7 nitrogen and oxygen atoms in total. The van der Waals surface area contributed by atoms with Gasteiger partial charge < -0.3 is 36.1 Å². The van der Waals surface area contributed by atoms with E-state index in [2.05, 4.69) is 0 Å². The highest BCUT2D eigenvalue weighted by Gasteiger charge is 2.29. The zero-order chi connectivity index (χ0) is 9.72. The van der Waals surface area contributed by atoms with E-state index in [1.54, 1.807) is 0 Å². The van der Waals surface area contributed by atoms with Crippen molar-refractivity contribution in [3.8, 4) is 0 Å². The summed E-state index contributed by atoms with van der Waals surface area (Å²) in [6, 6.07) is 0. The molecule has 0 saturated heterocycles. The first kappa shape index (κ1) is 15.2. The second-order valence-corrected chi connectivity index (χ2v) is 2.48. The van der Waals surface area contributed by atoms with E-state index < -0.39 is 37.6 Å². The number of aliphatic hydroxyl groups is 6. The van der Waals surface area contributed by atoms with Gasteiger partial charge >= 0.3 is 0 Å². The lowest BCUT2D eigenvalue weighted by molar-refractivity contribution is -0.123. The first-order valence-electron chi connectivity index (χ1n) is 3.48. The molecule has 0 saturated carbocycles. The second-order valence-electron chi connectivity index (χ2n) is 2.48. The van der Waals surface area contributed by atoms with Crippen LogP contribution >= 0.6 is 0 Å². The van der Waals surface area contributed by atoms with Crippen molar-refractivity contribution in [2.45, 2.75) is 24.4 Å². The molecule has 0 heterocycles. The zero-order valence-corrected chi connectivity index (χ0v) is 6.91. The largest absolute Gasteiger partial charge is 0.412 e. The minimum absolute atomic E-state index is 0. The van der Waals surface area contributed by atoms with Crippen LogP contribution in [0.4, 0.5) is 0 Å². The molecule has 0 radical (unpaired) electrons. The minimum Gasteiger partial charge on any atom is -0.412 e. The minimum atomic E-state index is -1.67. The van der Waals surface area contributed by atoms with Crippen LogP contribution < -0.4 is 0 Å². The van der Waals surface area contributed by atoms with Crippen LogP contribution in [0.5, 0.6) is 0 Å². The first-order valence-corrected chi connectivity index (χ1v) is 3.48. The molecule has 0 unspecified atom stereocenters. The van der Waals surface area contributed by atoms with Gasteiger partial charge in [-0.25, -0.2) is 0 Å². The zero-order valence-electron chi connectivity index (χ0n) is 6.91. The van der Waals surface area contributed by atoms with Gasteiger partial charge in [0.25, 0.3) is 0 Å². The van der Waals surface area contributed by atoms with E-state index in [1.807, 2.05) is 0 Å². The Hall–Kier alpha value is -0.280. The third-order valence-corrected chi connectivity index (χ3v) is 1.51. The van der Waals surface area contributed by atoms with Crippen LogP contribution in [0.2, 0.25) is 0 Å². The monoisotopic (exact) mass is 200 g/mol. The molecule has 13 heavy (non-hydrogen) atoms. The molecule has 0 aromatic heterocycles. The SMILES string of the molecule is O.OC[C@@H](O)[C@@H](O)[C@@H](O)[C@@H](O)CO. The summed E-state index contributed by atoms with van der Waals surface area (Å²) in [5.74, 6) is 0. The maximum atomic E-state index is 8.96. The Morgan fingerprint density at radius 1 is 0.692 bits per heavy atom. The fourth-order valence-corrected chi connectivity index (χ4v) is 0.671. The van der Waals surface area contributed by atoms with Crippen LogP contribution in [0.1, 0.15) is 0 Å². The number of hydrogen-bond donors (Lipinski definition) is 6. The van der Waals surface area contributed by atoms with Crippen LogP contribution in [-0.2, 0) is 0 Å². The third kappa shape index (κ3) is 4.48. The van der Waals surface area contributed by atoms with Gasteiger partial charge in [-0.1, -0.05) is 0 Å². The van der Waals surface area contributed by atoms with E-state index in [1.165, 1.54) is 0 Å². The Morgan fingerprint density at radius 2 is 0.923 bits per heavy atom. The van der Waals surface area contributed by atoms with Crippen molar-refractivity contribution in [1.82, 2.24) is 0 Å². The highest BCUT2D eigenvalue weighted by atomic mass is 16.4. The van der Waals surface area contributed by atoms with Crippen LogP contribution in [0, 0.1) is 0 Å². The van der Waals surface area contributed by atoms with Crippen LogP contribution in [0.25, 0.3) is 0 Å². The van der Waals surface area contributed by atoms with Crippen molar-refractivity contribution in [3.05, 3.63) is 0 Å². The van der Waals surface area contributed by atoms with Crippen molar-refractivity contribution in [3.63, 3.8) is 0 Å². The molecule has 0 aliphatic heterocycles. The van der Waals surface area contributed by atoms with E-state index in [-0.39, 0.29) is 5.48 Å². The van der Waals surface area contributed by atoms with Gasteiger partial charge in [-0.05, 0) is 0 Å². The van der Waals surface area contributed by atoms with Crippen molar-refractivity contribution in [1.29, 1.82) is 0 Å². The van der Waals surface area contributed by atoms with Gasteiger partial charge in [-0.3, -0.25) is 0 Å². The summed E-state index contributed by atoms with van der Waals surface area (Å²) in [5, 5.41) is 52.2. The quantitative estimate of drug-likeness (QED) is 0.263. The number of rotatable bonds is 5. The highest BCUT2D eigenvalue weighted by Crippen LogP contribution is 2.03. The molecule has 0 aromatic carbocycles. The van der Waals surface area contributed by atoms with Gasteiger partial charge in [0.1, 0.15) is 24.4 Å². The summed E-state index contributed by atoms with van der Waals surface area (Å²) < 4.78 is 0. The lowest BCUT2D eigenvalue weighted by Gasteiger charge is -2.24. The Kier molecular flexibility index (Phi) is 8.37. The van der Waals surface area contributed by atoms with E-state index >= 15 is 0 Å². The lowest BCUT2D eigenvalue weighted by atomic mass is 10.0. The van der Waals surface area contributed by atoms with Gasteiger partial charge in [0.15, 0.2) is 0 Å². The molecule has 0 amide bonds. The summed E-state index contributed by atoms with van der Waals surface area (Å²) in [4.78, 5) is 0. The molecule has 0 aromatic rings. The summed E-state index contributed by atoms with van der Waals surface area (Å²) in [6.45, 7) is -1.45. The Bertz CT molecular complexity index is 106. The fraction of sp³-hybridized carbons (Fsp3) is 1.00. The molecule has 0 spiro atoms. The summed E-state index contributed by atoms with van der Waals surface area (Å²) >= 11 is 0. The summed E-state index contributed by atoms with van der Waals surface area (Å²) in [5.41, 5.74) is 0. The predicted molar refractivity (Wildman–Crippen MR) is 41.8 cm³/mol. The smallest absolute Gasteiger partial charge is 0.111 e. The lowest BCUT2D eigenvalue weighted by Crippen LogP contribution is -2.46. The Balaban J connectivity index is 0. The van der Waals surface area contributed by atoms with Crippen molar-refractivity contribution >= 4 is 0 Å². The van der Waals surface area contributed by atoms with Gasteiger partial charge in [-0.15, -0.1) is 0 Å². The van der Waals surface area contributed by atoms with Crippen LogP contribution in [-0.4, -0.2) is 73.7 Å². The molecule has 0 aliphatic rings. The molecule has 4 atom stereocenters. The number of aliphatic hydroxyl groups excluding tert-OH is 6. The van der Waals surface area contributed by atoms with Crippen molar-refractivity contribution in [2.75, 3.05) is 13.2 Å². The molecule has 0 rings (SSSR count). The fourth-order valence-electron chi connectivity index (χ4n) is 0.671. The third-order valence-electron chi connectivity index (χ3n) is 1.51. The Labute approximate surface area is 74.8 Å². The maximum absolute atomic E-state index is 8.96. The van der Waals surface area contributed by atoms with Crippen LogP contribution in [0.15, 0.2) is 0 Å². The highest BCUT2D eigenvalue weighted by molar-refractivity contribution is 4.79. The number of hydrogen-bond acceptors (Lipinski definition) is 6. The van der Waals surface area contributed by atoms with Gasteiger partial charge in [-0.2, -0.15) is 0 Å². The normalized spacial score (nSPS) is 19.8. The van der Waals surface area contributed by atoms with Crippen LogP contribution in [0.3, 0.4) is 0 Å². The van der Waals surface area contributed by atoms with Crippen molar-refractivity contribution in [2.24, 2.45) is 0 Å². The molecule has 0 fully saturated rings. The summed E-state index contributed by atoms with van der Waals surface area (Å²) in [6.07, 6.45) is -6.39. The van der Waals surface area contributed by atoms with E-state index in [0.29, 0.717) is 0 Å². The first-order chi connectivity index (χ1) is 5.54. The van der Waals surface area contributed by atoms with E-state index in [4.69, 9.17) is 30.6 Å². The topological polar surface area (TPSA) is 153 Å². The average molecular weight is 200 g/mol. The molecule has 7 heteroatoms. The van der Waals surface area contributed by atoms with Gasteiger partial charge in [0.2, 0.25) is 0 Å². The predicted octanol–water partition coefficient (Wildman–Crippen LogP) is -4.41. The molecular weight excluding hydrogens is 184 g/mol. The van der Waals surface area contributed by atoms with E-state index in [0.717, 1.165) is 0 Å². The summed E-state index contributed by atoms with van der Waals surface area (Å²) in [7, 11) is 0.